The number of nitrogens with one attached hydrogen (secondary N) is 2. The predicted octanol–water partition coefficient (Wildman–Crippen LogP) is 0.253. The lowest BCUT2D eigenvalue weighted by atomic mass is 10.3. The van der Waals surface area contributed by atoms with Crippen LogP contribution in [0.4, 0.5) is 4.79 Å². The summed E-state index contributed by atoms with van der Waals surface area (Å²) in [6.45, 7) is 0.534. The maximum Gasteiger partial charge on any atom is 0.328 e. The quantitative estimate of drug-likeness (QED) is 0.586. The molecule has 0 aromatic heterocycles. The number of carboxylic acids is 1. The Hall–Kier alpha value is -1.85. The van der Waals surface area contributed by atoms with Gasteiger partial charge in [0.2, 0.25) is 0 Å². The second-order valence-corrected chi connectivity index (χ2v) is 3.65. The summed E-state index contributed by atoms with van der Waals surface area (Å²) >= 11 is 0. The smallest absolute Gasteiger partial charge is 0.328 e. The van der Waals surface area contributed by atoms with Crippen LogP contribution in [0.1, 0.15) is 19.3 Å². The summed E-state index contributed by atoms with van der Waals surface area (Å²) in [6, 6.07) is -0.597. The van der Waals surface area contributed by atoms with Crippen molar-refractivity contribution < 1.29 is 19.5 Å². The van der Waals surface area contributed by atoms with Gasteiger partial charge < -0.3 is 10.4 Å². The van der Waals surface area contributed by atoms with Crippen molar-refractivity contribution in [2.24, 2.45) is 5.92 Å². The molecule has 0 atom stereocenters. The number of carbonyl (C=O) groups is 3. The Labute approximate surface area is 92.7 Å². The highest BCUT2D eigenvalue weighted by atomic mass is 16.4. The Balaban J connectivity index is 2.11. The SMILES string of the molecule is O=C(O)C=CC(=O)NC(=O)NCCC1CC1. The molecule has 0 aliphatic heterocycles. The van der Waals surface area contributed by atoms with Crippen LogP contribution in [-0.4, -0.2) is 29.6 Å². The first-order valence-corrected chi connectivity index (χ1v) is 5.07. The molecule has 1 saturated carbocycles. The van der Waals surface area contributed by atoms with E-state index >= 15 is 0 Å². The van der Waals surface area contributed by atoms with Crippen LogP contribution < -0.4 is 10.6 Å². The van der Waals surface area contributed by atoms with E-state index in [1.807, 2.05) is 5.32 Å². The fourth-order valence-corrected chi connectivity index (χ4v) is 1.14. The van der Waals surface area contributed by atoms with E-state index < -0.39 is 17.9 Å². The lowest BCUT2D eigenvalue weighted by Gasteiger charge is -2.03. The number of hydrogen-bond donors (Lipinski definition) is 3. The van der Waals surface area contributed by atoms with Crippen LogP contribution in [0.3, 0.4) is 0 Å². The lowest BCUT2D eigenvalue weighted by molar-refractivity contribution is -0.131. The number of carboxylic acid groups (broad SMARTS) is 1. The highest BCUT2D eigenvalue weighted by Gasteiger charge is 2.20. The van der Waals surface area contributed by atoms with E-state index in [1.54, 1.807) is 0 Å². The lowest BCUT2D eigenvalue weighted by Crippen LogP contribution is -2.39. The Morgan fingerprint density at radius 1 is 1.25 bits per heavy atom. The number of imide groups is 1. The highest BCUT2D eigenvalue weighted by molar-refractivity contribution is 6.02. The number of amides is 3. The number of aliphatic carboxylic acids is 1. The third-order valence-electron chi connectivity index (χ3n) is 2.15. The van der Waals surface area contributed by atoms with Crippen LogP contribution in [0.25, 0.3) is 0 Å². The normalized spacial score (nSPS) is 14.8. The van der Waals surface area contributed by atoms with Crippen molar-refractivity contribution in [3.8, 4) is 0 Å². The van der Waals surface area contributed by atoms with Gasteiger partial charge in [0.25, 0.3) is 5.91 Å². The van der Waals surface area contributed by atoms with Crippen molar-refractivity contribution in [2.45, 2.75) is 19.3 Å². The average Bonchev–Trinajstić information content (AvgIpc) is 2.98. The Morgan fingerprint density at radius 2 is 1.94 bits per heavy atom. The average molecular weight is 226 g/mol. The summed E-state index contributed by atoms with van der Waals surface area (Å²) in [4.78, 5) is 32.1. The molecule has 88 valence electrons. The summed E-state index contributed by atoms with van der Waals surface area (Å²) in [6.07, 6.45) is 4.81. The van der Waals surface area contributed by atoms with E-state index in [9.17, 15) is 14.4 Å². The Bertz CT molecular complexity index is 321. The summed E-state index contributed by atoms with van der Waals surface area (Å²) in [7, 11) is 0. The van der Waals surface area contributed by atoms with Crippen LogP contribution >= 0.6 is 0 Å². The van der Waals surface area contributed by atoms with Gasteiger partial charge in [-0.1, -0.05) is 12.8 Å². The fourth-order valence-electron chi connectivity index (χ4n) is 1.14. The van der Waals surface area contributed by atoms with Gasteiger partial charge in [0, 0.05) is 18.7 Å². The molecule has 0 spiro atoms. The topological polar surface area (TPSA) is 95.5 Å². The molecule has 6 nitrogen and oxygen atoms in total. The summed E-state index contributed by atoms with van der Waals surface area (Å²) in [5.41, 5.74) is 0. The molecule has 1 aliphatic rings. The van der Waals surface area contributed by atoms with Gasteiger partial charge in [-0.15, -0.1) is 0 Å². The van der Waals surface area contributed by atoms with Crippen molar-refractivity contribution in [3.63, 3.8) is 0 Å². The van der Waals surface area contributed by atoms with E-state index in [4.69, 9.17) is 5.11 Å². The molecule has 0 radical (unpaired) electrons. The summed E-state index contributed by atoms with van der Waals surface area (Å²) in [5, 5.41) is 12.7. The first kappa shape index (κ1) is 12.2. The second-order valence-electron chi connectivity index (χ2n) is 3.65. The van der Waals surface area contributed by atoms with Gasteiger partial charge in [0.1, 0.15) is 0 Å². The minimum absolute atomic E-state index is 0.534. The van der Waals surface area contributed by atoms with E-state index in [0.717, 1.165) is 12.5 Å². The van der Waals surface area contributed by atoms with Crippen LogP contribution in [0, 0.1) is 5.92 Å². The summed E-state index contributed by atoms with van der Waals surface area (Å²) in [5.74, 6) is -1.27. The van der Waals surface area contributed by atoms with Crippen molar-refractivity contribution in [1.29, 1.82) is 0 Å². The second kappa shape index (κ2) is 5.89. The zero-order valence-electron chi connectivity index (χ0n) is 8.73. The minimum atomic E-state index is -1.23. The van der Waals surface area contributed by atoms with Gasteiger partial charge in [0.15, 0.2) is 0 Å². The number of carbonyl (C=O) groups excluding carboxylic acids is 2. The number of urea groups is 1. The zero-order chi connectivity index (χ0) is 12.0. The van der Waals surface area contributed by atoms with Crippen LogP contribution in [0.15, 0.2) is 12.2 Å². The Kier molecular flexibility index (Phi) is 4.50. The molecule has 1 fully saturated rings. The molecule has 3 amide bonds. The molecule has 0 saturated heterocycles. The molecule has 0 heterocycles. The van der Waals surface area contributed by atoms with Gasteiger partial charge in [-0.2, -0.15) is 0 Å². The minimum Gasteiger partial charge on any atom is -0.478 e. The zero-order valence-corrected chi connectivity index (χ0v) is 8.73. The van der Waals surface area contributed by atoms with E-state index in [-0.39, 0.29) is 0 Å². The number of hydrogen-bond acceptors (Lipinski definition) is 3. The molecular weight excluding hydrogens is 212 g/mol. The van der Waals surface area contributed by atoms with Crippen LogP contribution in [-0.2, 0) is 9.59 Å². The molecule has 1 rings (SSSR count). The molecule has 0 bridgehead atoms. The first-order valence-electron chi connectivity index (χ1n) is 5.07. The van der Waals surface area contributed by atoms with E-state index in [2.05, 4.69) is 5.32 Å². The first-order chi connectivity index (χ1) is 7.58. The molecule has 0 aromatic carbocycles. The van der Waals surface area contributed by atoms with E-state index in [0.29, 0.717) is 18.5 Å². The predicted molar refractivity (Wildman–Crippen MR) is 55.7 cm³/mol. The van der Waals surface area contributed by atoms with Crippen molar-refractivity contribution in [1.82, 2.24) is 10.6 Å². The molecule has 6 heteroatoms. The molecule has 0 aromatic rings. The Morgan fingerprint density at radius 3 is 2.50 bits per heavy atom. The molecular formula is C10H14N2O4. The third-order valence-corrected chi connectivity index (χ3v) is 2.15. The van der Waals surface area contributed by atoms with Crippen LogP contribution in [0.2, 0.25) is 0 Å². The van der Waals surface area contributed by atoms with E-state index in [1.165, 1.54) is 12.8 Å². The van der Waals surface area contributed by atoms with Crippen molar-refractivity contribution in [2.75, 3.05) is 6.54 Å². The van der Waals surface area contributed by atoms with Gasteiger partial charge >= 0.3 is 12.0 Å². The van der Waals surface area contributed by atoms with Crippen LogP contribution in [0.5, 0.6) is 0 Å². The standard InChI is InChI=1S/C10H14N2O4/c13-8(3-4-9(14)15)12-10(16)11-6-5-7-1-2-7/h3-4,7H,1-2,5-6H2,(H,14,15)(H2,11,12,13,16). The summed E-state index contributed by atoms with van der Waals surface area (Å²) < 4.78 is 0. The molecule has 1 aliphatic carbocycles. The van der Waals surface area contributed by atoms with Gasteiger partial charge in [-0.3, -0.25) is 10.1 Å². The highest BCUT2D eigenvalue weighted by Crippen LogP contribution is 2.31. The maximum atomic E-state index is 11.1. The fraction of sp³-hybridized carbons (Fsp3) is 0.500. The largest absolute Gasteiger partial charge is 0.478 e. The van der Waals surface area contributed by atoms with Gasteiger partial charge in [-0.25, -0.2) is 9.59 Å². The third kappa shape index (κ3) is 5.79. The number of rotatable bonds is 5. The molecule has 0 unspecified atom stereocenters. The van der Waals surface area contributed by atoms with Crippen molar-refractivity contribution in [3.05, 3.63) is 12.2 Å². The maximum absolute atomic E-state index is 11.1. The van der Waals surface area contributed by atoms with Gasteiger partial charge in [-0.05, 0) is 12.3 Å². The van der Waals surface area contributed by atoms with Crippen molar-refractivity contribution >= 4 is 17.9 Å². The monoisotopic (exact) mass is 226 g/mol. The van der Waals surface area contributed by atoms with Gasteiger partial charge in [0.05, 0.1) is 0 Å². The molecule has 16 heavy (non-hydrogen) atoms. The molecule has 3 N–H and O–H groups in total.